The van der Waals surface area contributed by atoms with Gasteiger partial charge in [-0.3, -0.25) is 0 Å². The van der Waals surface area contributed by atoms with Gasteiger partial charge in [-0.25, -0.2) is 0 Å². The number of nitriles is 1. The predicted molar refractivity (Wildman–Crippen MR) is 81.6 cm³/mol. The molecule has 0 spiro atoms. The van der Waals surface area contributed by atoms with E-state index in [0.29, 0.717) is 11.0 Å². The Morgan fingerprint density at radius 3 is 2.55 bits per heavy atom. The Hall–Kier alpha value is -1.53. The summed E-state index contributed by atoms with van der Waals surface area (Å²) in [5.74, 6) is 0. The lowest BCUT2D eigenvalue weighted by Gasteiger charge is -2.41. The highest BCUT2D eigenvalue weighted by molar-refractivity contribution is 5.58. The molecule has 1 heterocycles. The van der Waals surface area contributed by atoms with Crippen molar-refractivity contribution >= 4 is 5.69 Å². The number of aliphatic hydroxyl groups is 1. The van der Waals surface area contributed by atoms with Gasteiger partial charge in [-0.2, -0.15) is 5.26 Å². The molecule has 0 radical (unpaired) electrons. The molecule has 108 valence electrons. The summed E-state index contributed by atoms with van der Waals surface area (Å²) in [6, 6.07) is 7.77. The monoisotopic (exact) mass is 272 g/mol. The zero-order valence-electron chi connectivity index (χ0n) is 12.7. The second kappa shape index (κ2) is 5.85. The molecule has 2 rings (SSSR count). The molecule has 0 amide bonds. The van der Waals surface area contributed by atoms with Crippen molar-refractivity contribution in [2.24, 2.45) is 5.41 Å². The van der Waals surface area contributed by atoms with Crippen LogP contribution < -0.4 is 4.90 Å². The average Bonchev–Trinajstić information content (AvgIpc) is 2.47. The number of piperidine rings is 1. The maximum atomic E-state index is 9.94. The van der Waals surface area contributed by atoms with Crippen molar-refractivity contribution in [3.05, 3.63) is 29.3 Å². The van der Waals surface area contributed by atoms with E-state index in [1.54, 1.807) is 13.0 Å². The number of rotatable bonds is 3. The van der Waals surface area contributed by atoms with Crippen molar-refractivity contribution in [1.82, 2.24) is 0 Å². The van der Waals surface area contributed by atoms with Gasteiger partial charge in [-0.15, -0.1) is 0 Å². The highest BCUT2D eigenvalue weighted by Gasteiger charge is 2.29. The van der Waals surface area contributed by atoms with Crippen molar-refractivity contribution in [1.29, 1.82) is 5.26 Å². The van der Waals surface area contributed by atoms with Crippen LogP contribution >= 0.6 is 0 Å². The summed E-state index contributed by atoms with van der Waals surface area (Å²) in [5.41, 5.74) is 3.04. The molecule has 0 aliphatic carbocycles. The highest BCUT2D eigenvalue weighted by atomic mass is 16.3. The van der Waals surface area contributed by atoms with Crippen LogP contribution in [-0.4, -0.2) is 18.2 Å². The molecule has 1 aromatic carbocycles. The van der Waals surface area contributed by atoms with Crippen LogP contribution in [0.1, 0.15) is 57.3 Å². The number of hydrogen-bond acceptors (Lipinski definition) is 3. The van der Waals surface area contributed by atoms with Gasteiger partial charge in [-0.05, 0) is 37.3 Å². The molecule has 1 unspecified atom stereocenters. The van der Waals surface area contributed by atoms with E-state index in [0.717, 1.165) is 24.3 Å². The summed E-state index contributed by atoms with van der Waals surface area (Å²) < 4.78 is 0. The van der Waals surface area contributed by atoms with E-state index in [1.807, 2.05) is 12.1 Å². The molecular weight excluding hydrogens is 248 g/mol. The van der Waals surface area contributed by atoms with Crippen LogP contribution in [0, 0.1) is 16.7 Å². The van der Waals surface area contributed by atoms with E-state index < -0.39 is 6.10 Å². The van der Waals surface area contributed by atoms with Gasteiger partial charge in [-0.1, -0.05) is 26.3 Å². The summed E-state index contributed by atoms with van der Waals surface area (Å²) >= 11 is 0. The molecular formula is C17H24N2O. The largest absolute Gasteiger partial charge is 0.389 e. The molecule has 1 fully saturated rings. The summed E-state index contributed by atoms with van der Waals surface area (Å²) in [6.45, 7) is 8.39. The van der Waals surface area contributed by atoms with Crippen molar-refractivity contribution in [3.8, 4) is 6.07 Å². The Bertz CT molecular complexity index is 508. The Morgan fingerprint density at radius 1 is 1.40 bits per heavy atom. The van der Waals surface area contributed by atoms with Gasteiger partial charge >= 0.3 is 0 Å². The van der Waals surface area contributed by atoms with Gasteiger partial charge in [0, 0.05) is 24.3 Å². The second-order valence-electron chi connectivity index (χ2n) is 6.21. The molecule has 0 bridgehead atoms. The maximum absolute atomic E-state index is 9.94. The summed E-state index contributed by atoms with van der Waals surface area (Å²) in [6.07, 6.45) is 3.04. The van der Waals surface area contributed by atoms with Gasteiger partial charge in [0.15, 0.2) is 0 Å². The van der Waals surface area contributed by atoms with Crippen LogP contribution in [0.5, 0.6) is 0 Å². The Kier molecular flexibility index (Phi) is 4.35. The molecule has 1 saturated heterocycles. The molecule has 1 aliphatic rings. The lowest BCUT2D eigenvalue weighted by molar-refractivity contribution is 0.198. The smallest absolute Gasteiger partial charge is 0.0992 e. The Balaban J connectivity index is 2.26. The first-order valence-corrected chi connectivity index (χ1v) is 7.46. The first kappa shape index (κ1) is 14.9. The summed E-state index contributed by atoms with van der Waals surface area (Å²) in [4.78, 5) is 2.32. The molecule has 3 nitrogen and oxygen atoms in total. The van der Waals surface area contributed by atoms with Crippen molar-refractivity contribution in [2.75, 3.05) is 18.0 Å². The van der Waals surface area contributed by atoms with Gasteiger partial charge in [0.2, 0.25) is 0 Å². The van der Waals surface area contributed by atoms with E-state index in [2.05, 4.69) is 24.8 Å². The zero-order valence-corrected chi connectivity index (χ0v) is 12.7. The molecule has 3 heteroatoms. The van der Waals surface area contributed by atoms with Gasteiger partial charge in [0.25, 0.3) is 0 Å². The molecule has 0 saturated carbocycles. The standard InChI is InChI=1S/C17H24N2O/c1-4-17(3)7-9-19(10-8-17)16-11-14(12-18)5-6-15(16)13(2)20/h5-6,11,13,20H,4,7-10H2,1-3H3. The quantitative estimate of drug-likeness (QED) is 0.914. The number of nitrogens with zero attached hydrogens (tertiary/aromatic N) is 2. The predicted octanol–water partition coefficient (Wildman–Crippen LogP) is 3.63. The third-order valence-corrected chi connectivity index (χ3v) is 4.77. The van der Waals surface area contributed by atoms with Gasteiger partial charge < -0.3 is 10.0 Å². The van der Waals surface area contributed by atoms with E-state index in [-0.39, 0.29) is 0 Å². The fourth-order valence-electron chi connectivity index (χ4n) is 2.88. The van der Waals surface area contributed by atoms with Crippen molar-refractivity contribution < 1.29 is 5.11 Å². The number of aliphatic hydroxyl groups excluding tert-OH is 1. The van der Waals surface area contributed by atoms with Crippen LogP contribution in [-0.2, 0) is 0 Å². The molecule has 1 atom stereocenters. The number of anilines is 1. The van der Waals surface area contributed by atoms with E-state index in [4.69, 9.17) is 5.26 Å². The molecule has 1 aromatic rings. The lowest BCUT2D eigenvalue weighted by Crippen LogP contribution is -2.39. The maximum Gasteiger partial charge on any atom is 0.0992 e. The summed E-state index contributed by atoms with van der Waals surface area (Å²) in [7, 11) is 0. The minimum absolute atomic E-state index is 0.439. The van der Waals surface area contributed by atoms with Gasteiger partial charge in [0.1, 0.15) is 0 Å². The topological polar surface area (TPSA) is 47.3 Å². The molecule has 0 aromatic heterocycles. The first-order chi connectivity index (χ1) is 9.49. The third-order valence-electron chi connectivity index (χ3n) is 4.77. The SMILES string of the molecule is CCC1(C)CCN(c2cc(C#N)ccc2C(C)O)CC1. The van der Waals surface area contributed by atoms with Crippen LogP contribution in [0.3, 0.4) is 0 Å². The third kappa shape index (κ3) is 2.96. The van der Waals surface area contributed by atoms with Gasteiger partial charge in [0.05, 0.1) is 17.7 Å². The Morgan fingerprint density at radius 2 is 2.05 bits per heavy atom. The van der Waals surface area contributed by atoms with E-state index in [1.165, 1.54) is 19.3 Å². The average molecular weight is 272 g/mol. The van der Waals surface area contributed by atoms with Crippen LogP contribution in [0.2, 0.25) is 0 Å². The van der Waals surface area contributed by atoms with Crippen molar-refractivity contribution in [2.45, 2.75) is 46.1 Å². The Labute approximate surface area is 121 Å². The molecule has 1 N–H and O–H groups in total. The highest BCUT2D eigenvalue weighted by Crippen LogP contribution is 2.37. The second-order valence-corrected chi connectivity index (χ2v) is 6.21. The first-order valence-electron chi connectivity index (χ1n) is 7.46. The summed E-state index contributed by atoms with van der Waals surface area (Å²) in [5, 5.41) is 19.0. The normalized spacial score (nSPS) is 19.4. The van der Waals surface area contributed by atoms with E-state index in [9.17, 15) is 5.11 Å². The van der Waals surface area contributed by atoms with Crippen LogP contribution in [0.4, 0.5) is 5.69 Å². The minimum atomic E-state index is -0.503. The number of benzene rings is 1. The van der Waals surface area contributed by atoms with Crippen LogP contribution in [0.25, 0.3) is 0 Å². The lowest BCUT2D eigenvalue weighted by atomic mass is 9.78. The van der Waals surface area contributed by atoms with E-state index >= 15 is 0 Å². The van der Waals surface area contributed by atoms with Crippen molar-refractivity contribution in [3.63, 3.8) is 0 Å². The fraction of sp³-hybridized carbons (Fsp3) is 0.588. The van der Waals surface area contributed by atoms with Crippen LogP contribution in [0.15, 0.2) is 18.2 Å². The zero-order chi connectivity index (χ0) is 14.8. The number of hydrogen-bond donors (Lipinski definition) is 1. The minimum Gasteiger partial charge on any atom is -0.389 e. The fourth-order valence-corrected chi connectivity index (χ4v) is 2.88. The molecule has 20 heavy (non-hydrogen) atoms. The molecule has 1 aliphatic heterocycles.